The lowest BCUT2D eigenvalue weighted by atomic mass is 10.1. The number of carbonyl (C=O) groups is 2. The summed E-state index contributed by atoms with van der Waals surface area (Å²) in [5.41, 5.74) is 1.28. The topological polar surface area (TPSA) is 58.2 Å². The van der Waals surface area contributed by atoms with Crippen molar-refractivity contribution in [2.24, 2.45) is 0 Å². The molecule has 7 heteroatoms. The van der Waals surface area contributed by atoms with Gasteiger partial charge in [-0.05, 0) is 36.3 Å². The minimum absolute atomic E-state index is 0.0882. The van der Waals surface area contributed by atoms with Gasteiger partial charge in [0, 0.05) is 11.1 Å². The van der Waals surface area contributed by atoms with Crippen molar-refractivity contribution in [2.75, 3.05) is 6.54 Å². The van der Waals surface area contributed by atoms with Crippen molar-refractivity contribution in [1.29, 1.82) is 0 Å². The molecule has 4 nitrogen and oxygen atoms in total. The van der Waals surface area contributed by atoms with Crippen molar-refractivity contribution in [3.63, 3.8) is 0 Å². The summed E-state index contributed by atoms with van der Waals surface area (Å²) in [7, 11) is 0. The number of hydrogen-bond acceptors (Lipinski definition) is 2. The van der Waals surface area contributed by atoms with Crippen LogP contribution in [0.4, 0.5) is 4.39 Å². The highest BCUT2D eigenvalue weighted by Gasteiger charge is 2.15. The quantitative estimate of drug-likeness (QED) is 0.571. The Labute approximate surface area is 161 Å². The molecule has 0 fully saturated rings. The van der Waals surface area contributed by atoms with Crippen molar-refractivity contribution in [3.05, 3.63) is 75.5 Å². The fourth-order valence-corrected chi connectivity index (χ4v) is 2.75. The normalized spacial score (nSPS) is 12.0. The van der Waals surface area contributed by atoms with E-state index in [0.717, 1.165) is 5.56 Å². The van der Waals surface area contributed by atoms with E-state index >= 15 is 0 Å². The van der Waals surface area contributed by atoms with Gasteiger partial charge in [-0.3, -0.25) is 9.59 Å². The molecule has 0 bridgehead atoms. The molecule has 0 saturated carbocycles. The molecule has 0 heterocycles. The summed E-state index contributed by atoms with van der Waals surface area (Å²) in [5.74, 6) is -1.44. The maximum absolute atomic E-state index is 13.6. The van der Waals surface area contributed by atoms with E-state index in [1.165, 1.54) is 18.2 Å². The lowest BCUT2D eigenvalue weighted by Crippen LogP contribution is -2.37. The standard InChI is InChI=1S/C19H17Cl2FN2O2/c1-12(14-9-17(22)16(21)10-15(14)20)24-19(26)11-23-18(25)8-7-13-5-3-2-4-6-13/h2-10,12H,11H2,1H3,(H,23,25)(H,24,26)/b8-7+/t12-/m0/s1. The average Bonchev–Trinajstić information content (AvgIpc) is 2.62. The summed E-state index contributed by atoms with van der Waals surface area (Å²) < 4.78 is 13.6. The van der Waals surface area contributed by atoms with Gasteiger partial charge in [-0.2, -0.15) is 0 Å². The molecule has 0 aliphatic rings. The van der Waals surface area contributed by atoms with E-state index in [9.17, 15) is 14.0 Å². The largest absolute Gasteiger partial charge is 0.348 e. The SMILES string of the molecule is C[C@H](NC(=O)CNC(=O)/C=C/c1ccccc1)c1cc(F)c(Cl)cc1Cl. The number of rotatable bonds is 6. The van der Waals surface area contributed by atoms with Crippen LogP contribution in [0.15, 0.2) is 48.5 Å². The Hall–Kier alpha value is -2.37. The second-order valence-corrected chi connectivity index (χ2v) is 6.35. The molecule has 2 N–H and O–H groups in total. The third-order valence-electron chi connectivity index (χ3n) is 3.53. The molecular formula is C19H17Cl2FN2O2. The zero-order valence-corrected chi connectivity index (χ0v) is 15.4. The van der Waals surface area contributed by atoms with Crippen molar-refractivity contribution in [2.45, 2.75) is 13.0 Å². The molecule has 2 aromatic rings. The summed E-state index contributed by atoms with van der Waals surface area (Å²) in [4.78, 5) is 23.7. The predicted molar refractivity (Wildman–Crippen MR) is 101 cm³/mol. The summed E-state index contributed by atoms with van der Waals surface area (Å²) in [6.07, 6.45) is 2.99. The van der Waals surface area contributed by atoms with Gasteiger partial charge in [0.15, 0.2) is 0 Å². The predicted octanol–water partition coefficient (Wildman–Crippen LogP) is 4.14. The number of amides is 2. The number of carbonyl (C=O) groups excluding carboxylic acids is 2. The summed E-state index contributed by atoms with van der Waals surface area (Å²) in [5, 5.41) is 5.28. The lowest BCUT2D eigenvalue weighted by Gasteiger charge is -2.16. The van der Waals surface area contributed by atoms with Crippen LogP contribution in [0.5, 0.6) is 0 Å². The van der Waals surface area contributed by atoms with Gasteiger partial charge >= 0.3 is 0 Å². The Morgan fingerprint density at radius 1 is 1.15 bits per heavy atom. The second-order valence-electron chi connectivity index (χ2n) is 5.54. The van der Waals surface area contributed by atoms with E-state index in [-0.39, 0.29) is 16.6 Å². The third kappa shape index (κ3) is 5.86. The Bertz CT molecular complexity index is 826. The van der Waals surface area contributed by atoms with Gasteiger partial charge in [-0.15, -0.1) is 0 Å². The molecule has 2 rings (SSSR count). The molecule has 0 aromatic heterocycles. The first-order chi connectivity index (χ1) is 12.4. The van der Waals surface area contributed by atoms with E-state index in [1.54, 1.807) is 13.0 Å². The molecule has 2 aromatic carbocycles. The molecule has 1 atom stereocenters. The van der Waals surface area contributed by atoms with Crippen LogP contribution < -0.4 is 10.6 Å². The van der Waals surface area contributed by atoms with Crippen LogP contribution >= 0.6 is 23.2 Å². The minimum Gasteiger partial charge on any atom is -0.348 e. The maximum Gasteiger partial charge on any atom is 0.244 e. The zero-order chi connectivity index (χ0) is 19.1. The van der Waals surface area contributed by atoms with Gasteiger partial charge in [-0.25, -0.2) is 4.39 Å². The molecular weight excluding hydrogens is 378 g/mol. The van der Waals surface area contributed by atoms with E-state index in [1.807, 2.05) is 30.3 Å². The van der Waals surface area contributed by atoms with Crippen LogP contribution in [-0.2, 0) is 9.59 Å². The molecule has 26 heavy (non-hydrogen) atoms. The van der Waals surface area contributed by atoms with Crippen LogP contribution in [0.2, 0.25) is 10.0 Å². The molecule has 136 valence electrons. The summed E-state index contributed by atoms with van der Waals surface area (Å²) in [6.45, 7) is 1.44. The smallest absolute Gasteiger partial charge is 0.244 e. The number of hydrogen-bond donors (Lipinski definition) is 2. The van der Waals surface area contributed by atoms with Gasteiger partial charge in [-0.1, -0.05) is 53.5 Å². The van der Waals surface area contributed by atoms with Crippen LogP contribution in [0.3, 0.4) is 0 Å². The fraction of sp³-hybridized carbons (Fsp3) is 0.158. The first kappa shape index (κ1) is 19.9. The van der Waals surface area contributed by atoms with E-state index in [2.05, 4.69) is 10.6 Å². The molecule has 0 radical (unpaired) electrons. The average molecular weight is 395 g/mol. The van der Waals surface area contributed by atoms with E-state index < -0.39 is 23.7 Å². The maximum atomic E-state index is 13.6. The van der Waals surface area contributed by atoms with Gasteiger partial charge in [0.05, 0.1) is 17.6 Å². The number of nitrogens with one attached hydrogen (secondary N) is 2. The van der Waals surface area contributed by atoms with Crippen LogP contribution in [-0.4, -0.2) is 18.4 Å². The highest BCUT2D eigenvalue weighted by atomic mass is 35.5. The first-order valence-corrected chi connectivity index (χ1v) is 8.57. The highest BCUT2D eigenvalue weighted by Crippen LogP contribution is 2.28. The summed E-state index contributed by atoms with van der Waals surface area (Å²) in [6, 6.07) is 11.2. The molecule has 0 unspecified atom stereocenters. The van der Waals surface area contributed by atoms with Crippen molar-refractivity contribution >= 4 is 41.1 Å². The van der Waals surface area contributed by atoms with Crippen LogP contribution in [0, 0.1) is 5.82 Å². The summed E-state index contributed by atoms with van der Waals surface area (Å²) >= 11 is 11.7. The minimum atomic E-state index is -0.619. The number of halogens is 3. The van der Waals surface area contributed by atoms with Gasteiger partial charge in [0.2, 0.25) is 11.8 Å². The zero-order valence-electron chi connectivity index (χ0n) is 13.9. The molecule has 0 spiro atoms. The monoisotopic (exact) mass is 394 g/mol. The third-order valence-corrected chi connectivity index (χ3v) is 4.15. The Morgan fingerprint density at radius 2 is 1.85 bits per heavy atom. The highest BCUT2D eigenvalue weighted by molar-refractivity contribution is 6.35. The van der Waals surface area contributed by atoms with Gasteiger partial charge < -0.3 is 10.6 Å². The molecule has 0 aliphatic heterocycles. The molecule has 0 saturated heterocycles. The van der Waals surface area contributed by atoms with E-state index in [4.69, 9.17) is 23.2 Å². The van der Waals surface area contributed by atoms with Gasteiger partial charge in [0.1, 0.15) is 5.82 Å². The van der Waals surface area contributed by atoms with Crippen LogP contribution in [0.25, 0.3) is 6.08 Å². The van der Waals surface area contributed by atoms with Gasteiger partial charge in [0.25, 0.3) is 0 Å². The second kappa shape index (κ2) is 9.36. The first-order valence-electron chi connectivity index (χ1n) is 7.81. The van der Waals surface area contributed by atoms with Crippen molar-refractivity contribution < 1.29 is 14.0 Å². The Kier molecular flexibility index (Phi) is 7.18. The fourth-order valence-electron chi connectivity index (χ4n) is 2.20. The van der Waals surface area contributed by atoms with Crippen LogP contribution in [0.1, 0.15) is 24.1 Å². The molecule has 0 aliphatic carbocycles. The Balaban J connectivity index is 1.85. The lowest BCUT2D eigenvalue weighted by molar-refractivity contribution is -0.124. The van der Waals surface area contributed by atoms with Crippen molar-refractivity contribution in [1.82, 2.24) is 10.6 Å². The van der Waals surface area contributed by atoms with Crippen molar-refractivity contribution in [3.8, 4) is 0 Å². The van der Waals surface area contributed by atoms with E-state index in [0.29, 0.717) is 5.56 Å². The Morgan fingerprint density at radius 3 is 2.54 bits per heavy atom. The number of benzene rings is 2. The molecule has 2 amide bonds.